The van der Waals surface area contributed by atoms with E-state index in [0.29, 0.717) is 17.0 Å². The minimum Gasteiger partial charge on any atom is -0.458 e. The Kier molecular flexibility index (Phi) is 4.54. The van der Waals surface area contributed by atoms with Crippen LogP contribution < -0.4 is 10.6 Å². The fourth-order valence-corrected chi connectivity index (χ4v) is 2.38. The summed E-state index contributed by atoms with van der Waals surface area (Å²) in [5, 5.41) is 16.3. The van der Waals surface area contributed by atoms with Crippen LogP contribution in [0.25, 0.3) is 11.0 Å². The smallest absolute Gasteiger partial charge is 0.313 e. The van der Waals surface area contributed by atoms with Crippen molar-refractivity contribution in [1.29, 1.82) is 0 Å². The van der Waals surface area contributed by atoms with Crippen LogP contribution in [0.2, 0.25) is 0 Å². The lowest BCUT2D eigenvalue weighted by Crippen LogP contribution is -2.43. The van der Waals surface area contributed by atoms with Crippen LogP contribution >= 0.6 is 0 Å². The van der Waals surface area contributed by atoms with Gasteiger partial charge in [-0.05, 0) is 31.2 Å². The maximum Gasteiger partial charge on any atom is 0.313 e. The van der Waals surface area contributed by atoms with Gasteiger partial charge in [0.1, 0.15) is 16.9 Å². The first-order valence-electron chi connectivity index (χ1n) is 7.81. The van der Waals surface area contributed by atoms with Gasteiger partial charge in [0.25, 0.3) is 0 Å². The van der Waals surface area contributed by atoms with Gasteiger partial charge in [0.05, 0.1) is 6.54 Å². The number of carbonyl (C=O) groups is 2. The normalized spacial score (nSPS) is 13.2. The molecule has 2 amide bonds. The van der Waals surface area contributed by atoms with Crippen LogP contribution in [0.3, 0.4) is 0 Å². The molecule has 0 aliphatic heterocycles. The molecule has 1 atom stereocenters. The molecular formula is C19H18N2O4. The van der Waals surface area contributed by atoms with Crippen molar-refractivity contribution in [1.82, 2.24) is 5.32 Å². The molecule has 0 radical (unpaired) electrons. The van der Waals surface area contributed by atoms with Crippen molar-refractivity contribution in [2.45, 2.75) is 12.5 Å². The zero-order valence-electron chi connectivity index (χ0n) is 13.7. The van der Waals surface area contributed by atoms with Gasteiger partial charge in [0.15, 0.2) is 0 Å². The number of fused-ring (bicyclic) bond motifs is 1. The minimum atomic E-state index is -1.44. The van der Waals surface area contributed by atoms with Crippen molar-refractivity contribution in [3.63, 3.8) is 0 Å². The van der Waals surface area contributed by atoms with Crippen LogP contribution in [0.1, 0.15) is 12.7 Å². The molecule has 3 aromatic rings. The summed E-state index contributed by atoms with van der Waals surface area (Å²) >= 11 is 0. The molecule has 6 nitrogen and oxygen atoms in total. The van der Waals surface area contributed by atoms with Crippen molar-refractivity contribution in [3.05, 3.63) is 66.4 Å². The predicted molar refractivity (Wildman–Crippen MR) is 93.9 cm³/mol. The molecule has 1 aromatic heterocycles. The lowest BCUT2D eigenvalue weighted by atomic mass is 10.0. The Balaban J connectivity index is 1.63. The summed E-state index contributed by atoms with van der Waals surface area (Å²) in [6, 6.07) is 17.7. The Morgan fingerprint density at radius 2 is 1.72 bits per heavy atom. The van der Waals surface area contributed by atoms with E-state index in [0.717, 1.165) is 5.39 Å². The monoisotopic (exact) mass is 338 g/mol. The Hall–Kier alpha value is -3.12. The van der Waals surface area contributed by atoms with Crippen LogP contribution in [0.5, 0.6) is 0 Å². The van der Waals surface area contributed by atoms with E-state index in [1.165, 1.54) is 6.92 Å². The number of benzene rings is 2. The van der Waals surface area contributed by atoms with Gasteiger partial charge in [-0.25, -0.2) is 0 Å². The third-order valence-corrected chi connectivity index (χ3v) is 3.79. The molecule has 3 N–H and O–H groups in total. The number of aliphatic hydroxyl groups is 1. The Morgan fingerprint density at radius 3 is 2.44 bits per heavy atom. The average Bonchev–Trinajstić information content (AvgIpc) is 3.06. The van der Waals surface area contributed by atoms with E-state index < -0.39 is 17.4 Å². The molecule has 0 fully saturated rings. The largest absolute Gasteiger partial charge is 0.458 e. The molecule has 3 rings (SSSR count). The number of anilines is 1. The molecule has 6 heteroatoms. The second-order valence-electron chi connectivity index (χ2n) is 5.93. The molecule has 0 spiro atoms. The van der Waals surface area contributed by atoms with E-state index in [1.807, 2.05) is 18.2 Å². The third-order valence-electron chi connectivity index (χ3n) is 3.79. The highest BCUT2D eigenvalue weighted by molar-refractivity contribution is 6.39. The zero-order chi connectivity index (χ0) is 17.9. The summed E-state index contributed by atoms with van der Waals surface area (Å²) in [5.74, 6) is -1.32. The van der Waals surface area contributed by atoms with Gasteiger partial charge in [-0.2, -0.15) is 0 Å². The van der Waals surface area contributed by atoms with Gasteiger partial charge < -0.3 is 20.2 Å². The molecule has 1 heterocycles. The first-order chi connectivity index (χ1) is 12.0. The Labute approximate surface area is 144 Å². The van der Waals surface area contributed by atoms with Gasteiger partial charge in [0.2, 0.25) is 0 Å². The van der Waals surface area contributed by atoms with Gasteiger partial charge >= 0.3 is 11.8 Å². The standard InChI is InChI=1S/C19H18N2O4/c1-19(24,16-11-13-7-5-6-10-15(13)25-16)12-20-17(22)18(23)21-14-8-3-2-4-9-14/h2-11,24H,12H2,1H3,(H,20,22)(H,21,23)/t19-/m1/s1. The molecule has 128 valence electrons. The Morgan fingerprint density at radius 1 is 1.04 bits per heavy atom. The highest BCUT2D eigenvalue weighted by Gasteiger charge is 2.29. The van der Waals surface area contributed by atoms with Crippen LogP contribution in [-0.4, -0.2) is 23.5 Å². The highest BCUT2D eigenvalue weighted by atomic mass is 16.4. The van der Waals surface area contributed by atoms with E-state index in [1.54, 1.807) is 42.5 Å². The SMILES string of the molecule is C[C@@](O)(CNC(=O)C(=O)Nc1ccccc1)c1cc2ccccc2o1. The van der Waals surface area contributed by atoms with Gasteiger partial charge in [0, 0.05) is 11.1 Å². The topological polar surface area (TPSA) is 91.6 Å². The molecule has 0 unspecified atom stereocenters. The highest BCUT2D eigenvalue weighted by Crippen LogP contribution is 2.27. The lowest BCUT2D eigenvalue weighted by Gasteiger charge is -2.20. The van der Waals surface area contributed by atoms with Crippen molar-refractivity contribution in [3.8, 4) is 0 Å². The number of para-hydroxylation sites is 2. The molecule has 0 aliphatic carbocycles. The second-order valence-corrected chi connectivity index (χ2v) is 5.93. The van der Waals surface area contributed by atoms with E-state index >= 15 is 0 Å². The van der Waals surface area contributed by atoms with Crippen molar-refractivity contribution < 1.29 is 19.1 Å². The maximum absolute atomic E-state index is 11.9. The van der Waals surface area contributed by atoms with Gasteiger partial charge in [-0.1, -0.05) is 36.4 Å². The number of rotatable bonds is 4. The van der Waals surface area contributed by atoms with E-state index in [9.17, 15) is 14.7 Å². The van der Waals surface area contributed by atoms with E-state index in [-0.39, 0.29) is 6.54 Å². The van der Waals surface area contributed by atoms with E-state index in [2.05, 4.69) is 10.6 Å². The quantitative estimate of drug-likeness (QED) is 0.637. The summed E-state index contributed by atoms with van der Waals surface area (Å²) in [5.41, 5.74) is -0.278. The van der Waals surface area contributed by atoms with Crippen LogP contribution in [0, 0.1) is 0 Å². The minimum absolute atomic E-state index is 0.159. The second kappa shape index (κ2) is 6.78. The molecule has 0 saturated carbocycles. The van der Waals surface area contributed by atoms with Crippen LogP contribution in [-0.2, 0) is 15.2 Å². The summed E-state index contributed by atoms with van der Waals surface area (Å²) in [6.45, 7) is 1.36. The first-order valence-corrected chi connectivity index (χ1v) is 7.81. The molecule has 2 aromatic carbocycles. The molecule has 0 bridgehead atoms. The van der Waals surface area contributed by atoms with Gasteiger partial charge in [-0.3, -0.25) is 9.59 Å². The van der Waals surface area contributed by atoms with Gasteiger partial charge in [-0.15, -0.1) is 0 Å². The number of carbonyl (C=O) groups excluding carboxylic acids is 2. The van der Waals surface area contributed by atoms with Crippen molar-refractivity contribution >= 4 is 28.5 Å². The number of nitrogens with one attached hydrogen (secondary N) is 2. The molecule has 0 aliphatic rings. The predicted octanol–water partition coefficient (Wildman–Crippen LogP) is 2.40. The van der Waals surface area contributed by atoms with Crippen LogP contribution in [0.4, 0.5) is 5.69 Å². The fraction of sp³-hybridized carbons (Fsp3) is 0.158. The number of hydrogen-bond acceptors (Lipinski definition) is 4. The molecule has 0 saturated heterocycles. The molecule has 25 heavy (non-hydrogen) atoms. The summed E-state index contributed by atoms with van der Waals surface area (Å²) in [7, 11) is 0. The average molecular weight is 338 g/mol. The summed E-state index contributed by atoms with van der Waals surface area (Å²) in [4.78, 5) is 23.8. The van der Waals surface area contributed by atoms with E-state index in [4.69, 9.17) is 4.42 Å². The zero-order valence-corrected chi connectivity index (χ0v) is 13.7. The molecular weight excluding hydrogens is 320 g/mol. The fourth-order valence-electron chi connectivity index (χ4n) is 2.38. The summed E-state index contributed by atoms with van der Waals surface area (Å²) < 4.78 is 5.62. The first kappa shape index (κ1) is 16.7. The lowest BCUT2D eigenvalue weighted by molar-refractivity contribution is -0.136. The summed E-state index contributed by atoms with van der Waals surface area (Å²) in [6.07, 6.45) is 0. The van der Waals surface area contributed by atoms with Crippen molar-refractivity contribution in [2.75, 3.05) is 11.9 Å². The van der Waals surface area contributed by atoms with Crippen molar-refractivity contribution in [2.24, 2.45) is 0 Å². The number of hydrogen-bond donors (Lipinski definition) is 3. The third kappa shape index (κ3) is 3.87. The number of amides is 2. The van der Waals surface area contributed by atoms with Crippen LogP contribution in [0.15, 0.2) is 65.1 Å². The Bertz CT molecular complexity index is 867. The number of furan rings is 1. The maximum atomic E-state index is 11.9.